The molecule has 0 saturated carbocycles. The molecule has 0 aromatic heterocycles. The van der Waals surface area contributed by atoms with Crippen LogP contribution >= 0.6 is 11.6 Å². The first kappa shape index (κ1) is 10.4. The molecule has 0 spiro atoms. The van der Waals surface area contributed by atoms with Gasteiger partial charge in [-0.15, -0.1) is 0 Å². The first-order valence-electron chi connectivity index (χ1n) is 5.89. The lowest BCUT2D eigenvalue weighted by atomic mass is 9.78. The van der Waals surface area contributed by atoms with Gasteiger partial charge in [-0.2, -0.15) is 0 Å². The summed E-state index contributed by atoms with van der Waals surface area (Å²) < 4.78 is 0. The van der Waals surface area contributed by atoms with E-state index in [1.54, 1.807) is 0 Å². The van der Waals surface area contributed by atoms with E-state index in [4.69, 9.17) is 11.6 Å². The molecule has 0 amide bonds. The maximum absolute atomic E-state index is 6.32. The van der Waals surface area contributed by atoms with Gasteiger partial charge in [0.1, 0.15) is 0 Å². The Morgan fingerprint density at radius 1 is 1.38 bits per heavy atom. The van der Waals surface area contributed by atoms with E-state index >= 15 is 0 Å². The maximum atomic E-state index is 6.32. The quantitative estimate of drug-likeness (QED) is 0.724. The lowest BCUT2D eigenvalue weighted by Crippen LogP contribution is -2.57. The van der Waals surface area contributed by atoms with E-state index in [9.17, 15) is 0 Å². The number of hydrogen-bond acceptors (Lipinski definition) is 2. The second kappa shape index (κ2) is 3.38. The van der Waals surface area contributed by atoms with Gasteiger partial charge in [-0.1, -0.05) is 17.7 Å². The first-order chi connectivity index (χ1) is 7.59. The minimum Gasteiger partial charge on any atom is -0.380 e. The molecule has 3 rings (SSSR count). The van der Waals surface area contributed by atoms with Gasteiger partial charge in [0.05, 0.1) is 6.04 Å². The third kappa shape index (κ3) is 1.36. The van der Waals surface area contributed by atoms with Crippen molar-refractivity contribution in [2.75, 3.05) is 11.9 Å². The van der Waals surface area contributed by atoms with Crippen LogP contribution < -0.4 is 10.6 Å². The SMILES string of the molecule is CC1(C)NCCC2c3c(Cl)cccc3NC21. The molecule has 0 bridgehead atoms. The molecular formula is C13H17ClN2. The summed E-state index contributed by atoms with van der Waals surface area (Å²) in [5.74, 6) is 0.556. The average Bonchev–Trinajstić information content (AvgIpc) is 2.59. The van der Waals surface area contributed by atoms with Gasteiger partial charge >= 0.3 is 0 Å². The average molecular weight is 237 g/mol. The molecule has 2 unspecified atom stereocenters. The zero-order valence-electron chi connectivity index (χ0n) is 9.68. The highest BCUT2D eigenvalue weighted by atomic mass is 35.5. The van der Waals surface area contributed by atoms with Crippen LogP contribution in [0.1, 0.15) is 31.7 Å². The molecule has 2 N–H and O–H groups in total. The van der Waals surface area contributed by atoms with Gasteiger partial charge in [0.2, 0.25) is 0 Å². The van der Waals surface area contributed by atoms with Crippen molar-refractivity contribution in [2.24, 2.45) is 0 Å². The molecule has 2 atom stereocenters. The van der Waals surface area contributed by atoms with Crippen LogP contribution in [-0.4, -0.2) is 18.1 Å². The molecular weight excluding hydrogens is 220 g/mol. The molecule has 2 aliphatic rings. The monoisotopic (exact) mass is 236 g/mol. The third-order valence-electron chi connectivity index (χ3n) is 3.95. The number of halogens is 1. The Balaban J connectivity index is 2.07. The Kier molecular flexibility index (Phi) is 2.20. The second-order valence-electron chi connectivity index (χ2n) is 5.37. The molecule has 1 fully saturated rings. The molecule has 1 aromatic carbocycles. The molecule has 2 heterocycles. The molecule has 0 aliphatic carbocycles. The molecule has 2 nitrogen and oxygen atoms in total. The number of anilines is 1. The van der Waals surface area contributed by atoms with Gasteiger partial charge in [-0.25, -0.2) is 0 Å². The molecule has 86 valence electrons. The fraction of sp³-hybridized carbons (Fsp3) is 0.538. The second-order valence-corrected chi connectivity index (χ2v) is 5.77. The van der Waals surface area contributed by atoms with E-state index in [-0.39, 0.29) is 5.54 Å². The topological polar surface area (TPSA) is 24.1 Å². The van der Waals surface area contributed by atoms with Crippen molar-refractivity contribution < 1.29 is 0 Å². The summed E-state index contributed by atoms with van der Waals surface area (Å²) in [4.78, 5) is 0. The van der Waals surface area contributed by atoms with Crippen LogP contribution in [0.4, 0.5) is 5.69 Å². The van der Waals surface area contributed by atoms with E-state index < -0.39 is 0 Å². The van der Waals surface area contributed by atoms with E-state index in [1.165, 1.54) is 11.3 Å². The van der Waals surface area contributed by atoms with E-state index in [0.717, 1.165) is 18.0 Å². The molecule has 1 aromatic rings. The number of benzene rings is 1. The summed E-state index contributed by atoms with van der Waals surface area (Å²) >= 11 is 6.32. The summed E-state index contributed by atoms with van der Waals surface area (Å²) in [5, 5.41) is 8.11. The van der Waals surface area contributed by atoms with Crippen LogP contribution in [0.3, 0.4) is 0 Å². The molecule has 2 aliphatic heterocycles. The number of nitrogens with one attached hydrogen (secondary N) is 2. The van der Waals surface area contributed by atoms with Crippen molar-refractivity contribution >= 4 is 17.3 Å². The van der Waals surface area contributed by atoms with Crippen LogP contribution in [-0.2, 0) is 0 Å². The minimum atomic E-state index is 0.130. The van der Waals surface area contributed by atoms with Crippen molar-refractivity contribution in [1.82, 2.24) is 5.32 Å². The molecule has 0 radical (unpaired) electrons. The van der Waals surface area contributed by atoms with Gasteiger partial charge in [0, 0.05) is 22.2 Å². The molecule has 1 saturated heterocycles. The number of piperidine rings is 1. The zero-order chi connectivity index (χ0) is 11.3. The van der Waals surface area contributed by atoms with Crippen molar-refractivity contribution in [2.45, 2.75) is 37.8 Å². The minimum absolute atomic E-state index is 0.130. The molecule has 3 heteroatoms. The van der Waals surface area contributed by atoms with E-state index in [0.29, 0.717) is 12.0 Å². The van der Waals surface area contributed by atoms with Crippen molar-refractivity contribution in [3.8, 4) is 0 Å². The summed E-state index contributed by atoms with van der Waals surface area (Å²) in [6.07, 6.45) is 1.16. The summed E-state index contributed by atoms with van der Waals surface area (Å²) in [6.45, 7) is 5.59. The predicted octanol–water partition coefficient (Wildman–Crippen LogP) is 2.99. The highest BCUT2D eigenvalue weighted by Gasteiger charge is 2.44. The van der Waals surface area contributed by atoms with Gasteiger partial charge in [0.25, 0.3) is 0 Å². The number of rotatable bonds is 0. The van der Waals surface area contributed by atoms with Gasteiger partial charge in [-0.05, 0) is 44.5 Å². The maximum Gasteiger partial charge on any atom is 0.0508 e. The van der Waals surface area contributed by atoms with Crippen LogP contribution in [0.15, 0.2) is 18.2 Å². The summed E-state index contributed by atoms with van der Waals surface area (Å²) in [5.41, 5.74) is 2.67. The lowest BCUT2D eigenvalue weighted by molar-refractivity contribution is 0.256. The third-order valence-corrected chi connectivity index (χ3v) is 4.28. The van der Waals surface area contributed by atoms with Crippen molar-refractivity contribution in [1.29, 1.82) is 0 Å². The highest BCUT2D eigenvalue weighted by molar-refractivity contribution is 6.32. The standard InChI is InChI=1S/C13H17ClN2/c1-13(2)12-8(6-7-15-13)11-9(14)4-3-5-10(11)16-12/h3-5,8,12,15-16H,6-7H2,1-2H3. The smallest absolute Gasteiger partial charge is 0.0508 e. The van der Waals surface area contributed by atoms with Crippen molar-refractivity contribution in [3.63, 3.8) is 0 Å². The van der Waals surface area contributed by atoms with Gasteiger partial charge < -0.3 is 10.6 Å². The van der Waals surface area contributed by atoms with E-state index in [1.807, 2.05) is 12.1 Å². The Morgan fingerprint density at radius 3 is 3.00 bits per heavy atom. The summed E-state index contributed by atoms with van der Waals surface area (Å²) in [6, 6.07) is 6.61. The Morgan fingerprint density at radius 2 is 2.19 bits per heavy atom. The first-order valence-corrected chi connectivity index (χ1v) is 6.27. The number of fused-ring (bicyclic) bond motifs is 3. The summed E-state index contributed by atoms with van der Waals surface area (Å²) in [7, 11) is 0. The van der Waals surface area contributed by atoms with Crippen LogP contribution in [0.25, 0.3) is 0 Å². The largest absolute Gasteiger partial charge is 0.380 e. The normalized spacial score (nSPS) is 30.4. The highest BCUT2D eigenvalue weighted by Crippen LogP contribution is 2.46. The van der Waals surface area contributed by atoms with Crippen LogP contribution in [0.2, 0.25) is 5.02 Å². The van der Waals surface area contributed by atoms with Gasteiger partial charge in [0.15, 0.2) is 0 Å². The Labute approximate surface area is 101 Å². The Bertz CT molecular complexity index is 428. The van der Waals surface area contributed by atoms with E-state index in [2.05, 4.69) is 30.5 Å². The molecule has 16 heavy (non-hydrogen) atoms. The fourth-order valence-corrected chi connectivity index (χ4v) is 3.44. The Hall–Kier alpha value is -0.730. The van der Waals surface area contributed by atoms with Gasteiger partial charge in [-0.3, -0.25) is 0 Å². The predicted molar refractivity (Wildman–Crippen MR) is 68.3 cm³/mol. The van der Waals surface area contributed by atoms with Crippen molar-refractivity contribution in [3.05, 3.63) is 28.8 Å². The van der Waals surface area contributed by atoms with Crippen LogP contribution in [0, 0.1) is 0 Å². The van der Waals surface area contributed by atoms with Crippen LogP contribution in [0.5, 0.6) is 0 Å². The zero-order valence-corrected chi connectivity index (χ0v) is 10.4. The number of hydrogen-bond donors (Lipinski definition) is 2. The lowest BCUT2D eigenvalue weighted by Gasteiger charge is -2.41. The fourth-order valence-electron chi connectivity index (χ4n) is 3.13.